The lowest BCUT2D eigenvalue weighted by Crippen LogP contribution is -2.62. The summed E-state index contributed by atoms with van der Waals surface area (Å²) in [5, 5.41) is 39.0. The highest BCUT2D eigenvalue weighted by Gasteiger charge is 2.58. The van der Waals surface area contributed by atoms with E-state index in [1.807, 2.05) is 13.8 Å². The average Bonchev–Trinajstić information content (AvgIpc) is 3.43. The molecule has 0 spiro atoms. The number of rotatable bonds is 13. The summed E-state index contributed by atoms with van der Waals surface area (Å²) in [6.45, 7) is 12.6. The van der Waals surface area contributed by atoms with Crippen LogP contribution < -0.4 is 10.6 Å². The van der Waals surface area contributed by atoms with Crippen LogP contribution in [0.2, 0.25) is 0 Å². The number of fused-ring (bicyclic) bond motifs is 2. The summed E-state index contributed by atoms with van der Waals surface area (Å²) in [5.41, 5.74) is 0.292. The maximum Gasteiger partial charge on any atom is 0.240 e. The number of nitrogens with one attached hydrogen (secondary N) is 2. The topological polar surface area (TPSA) is 141 Å². The second-order valence-corrected chi connectivity index (χ2v) is 17.6. The average molecular weight is 696 g/mol. The van der Waals surface area contributed by atoms with Crippen LogP contribution in [0.5, 0.6) is 0 Å². The van der Waals surface area contributed by atoms with E-state index in [1.54, 1.807) is 19.1 Å². The molecule has 49 heavy (non-hydrogen) atoms. The summed E-state index contributed by atoms with van der Waals surface area (Å²) < 4.78 is 21.5. The van der Waals surface area contributed by atoms with E-state index in [1.165, 1.54) is 6.42 Å². The Kier molecular flexibility index (Phi) is 12.8. The van der Waals surface area contributed by atoms with E-state index in [-0.39, 0.29) is 67.4 Å². The number of ether oxygens (including phenoxy) is 1. The van der Waals surface area contributed by atoms with Crippen molar-refractivity contribution in [3.8, 4) is 0 Å². The molecule has 5 N–H and O–H groups in total. The fraction of sp³-hybridized carbons (Fsp3) is 0.947. The van der Waals surface area contributed by atoms with Gasteiger partial charge in [0.1, 0.15) is 18.3 Å². The van der Waals surface area contributed by atoms with Gasteiger partial charge in [-0.25, -0.2) is 4.39 Å². The van der Waals surface area contributed by atoms with E-state index in [9.17, 15) is 24.9 Å². The number of hydroxylamine groups is 2. The first-order chi connectivity index (χ1) is 23.2. The highest BCUT2D eigenvalue weighted by atomic mass is 19.1. The first-order valence-electron chi connectivity index (χ1n) is 19.3. The number of nitrogens with zero attached hydrogens (tertiary/aromatic N) is 1. The standard InChI is InChI=1S/C38H66FN3O7/c1-20(2)11-28(18-43)40-36(46)25-12-24(13-27(39)14-25)29-10-8-9-23(35(29)48-7)17-42-34(33(22(4)45)32(19-44)49-42)37(47)41-31-16-26-15-30(21(31)3)38(26,5)6/h20-35,43-45H,8-19H2,1-7H3,(H,40,46)(H,41,47)/t21-,22-,23?,24?,25?,26+,27?,28-,29?,30-,31-,32-,33+,34-,35?/m0/s1. The van der Waals surface area contributed by atoms with Crippen LogP contribution >= 0.6 is 0 Å². The maximum absolute atomic E-state index is 15.3. The largest absolute Gasteiger partial charge is 0.394 e. The van der Waals surface area contributed by atoms with Gasteiger partial charge in [0, 0.05) is 37.5 Å². The highest BCUT2D eigenvalue weighted by molar-refractivity contribution is 5.83. The molecule has 0 aromatic rings. The van der Waals surface area contributed by atoms with Gasteiger partial charge in [-0.1, -0.05) is 41.0 Å². The Labute approximate surface area is 293 Å². The van der Waals surface area contributed by atoms with E-state index in [0.29, 0.717) is 54.9 Å². The molecule has 10 nitrogen and oxygen atoms in total. The van der Waals surface area contributed by atoms with Crippen LogP contribution in [0.4, 0.5) is 4.39 Å². The molecule has 6 rings (SSSR count). The number of carbonyl (C=O) groups excluding carboxylic acids is 2. The zero-order valence-corrected chi connectivity index (χ0v) is 31.0. The predicted octanol–water partition coefficient (Wildman–Crippen LogP) is 3.86. The summed E-state index contributed by atoms with van der Waals surface area (Å²) in [5.74, 6) is 0.383. The Morgan fingerprint density at radius 2 is 1.80 bits per heavy atom. The molecule has 1 saturated heterocycles. The molecule has 11 heteroatoms. The molecule has 0 radical (unpaired) electrons. The van der Waals surface area contributed by atoms with Crippen LogP contribution in [0, 0.1) is 58.7 Å². The van der Waals surface area contributed by atoms with Gasteiger partial charge in [0.25, 0.3) is 0 Å². The van der Waals surface area contributed by atoms with Crippen molar-refractivity contribution < 1.29 is 38.9 Å². The van der Waals surface area contributed by atoms with E-state index in [2.05, 4.69) is 31.4 Å². The summed E-state index contributed by atoms with van der Waals surface area (Å²) in [6, 6.07) is -1.05. The number of methoxy groups -OCH3 is 1. The van der Waals surface area contributed by atoms with Crippen LogP contribution in [0.15, 0.2) is 0 Å². The third-order valence-electron chi connectivity index (χ3n) is 13.7. The quantitative estimate of drug-likeness (QED) is 0.196. The van der Waals surface area contributed by atoms with Crippen molar-refractivity contribution in [1.29, 1.82) is 0 Å². The van der Waals surface area contributed by atoms with Gasteiger partial charge in [-0.05, 0) is 99.2 Å². The highest BCUT2D eigenvalue weighted by Crippen LogP contribution is 2.61. The molecule has 282 valence electrons. The number of alkyl halides is 1. The molecule has 6 fully saturated rings. The Balaban J connectivity index is 1.29. The maximum atomic E-state index is 15.3. The molecule has 6 unspecified atom stereocenters. The molecule has 5 saturated carbocycles. The van der Waals surface area contributed by atoms with E-state index >= 15 is 4.39 Å². The third kappa shape index (κ3) is 8.17. The third-order valence-corrected chi connectivity index (χ3v) is 13.7. The molecule has 6 aliphatic rings. The van der Waals surface area contributed by atoms with Crippen molar-refractivity contribution in [3.63, 3.8) is 0 Å². The number of halogens is 1. The molecule has 2 bridgehead atoms. The first-order valence-corrected chi connectivity index (χ1v) is 19.3. The van der Waals surface area contributed by atoms with Gasteiger partial charge >= 0.3 is 0 Å². The van der Waals surface area contributed by atoms with Crippen LogP contribution in [0.3, 0.4) is 0 Å². The predicted molar refractivity (Wildman–Crippen MR) is 185 cm³/mol. The van der Waals surface area contributed by atoms with Crippen molar-refractivity contribution in [3.05, 3.63) is 0 Å². The van der Waals surface area contributed by atoms with Crippen molar-refractivity contribution in [1.82, 2.24) is 15.7 Å². The lowest BCUT2D eigenvalue weighted by atomic mass is 9.45. The van der Waals surface area contributed by atoms with Crippen LogP contribution in [-0.4, -0.2) is 102 Å². The van der Waals surface area contributed by atoms with Crippen LogP contribution in [-0.2, 0) is 19.2 Å². The van der Waals surface area contributed by atoms with E-state index in [4.69, 9.17) is 9.57 Å². The summed E-state index contributed by atoms with van der Waals surface area (Å²) in [4.78, 5) is 33.8. The minimum absolute atomic E-state index is 0.0229. The van der Waals surface area contributed by atoms with E-state index in [0.717, 1.165) is 25.7 Å². The number of aliphatic hydroxyl groups excluding tert-OH is 3. The molecule has 2 amide bonds. The van der Waals surface area contributed by atoms with Crippen molar-refractivity contribution in [2.75, 3.05) is 26.9 Å². The molecule has 5 aliphatic carbocycles. The fourth-order valence-corrected chi connectivity index (χ4v) is 11.0. The van der Waals surface area contributed by atoms with Crippen LogP contribution in [0.1, 0.15) is 99.3 Å². The minimum Gasteiger partial charge on any atom is -0.394 e. The van der Waals surface area contributed by atoms with Gasteiger partial charge in [-0.15, -0.1) is 0 Å². The number of carbonyl (C=O) groups is 2. The second kappa shape index (κ2) is 16.1. The van der Waals surface area contributed by atoms with Crippen molar-refractivity contribution >= 4 is 11.8 Å². The van der Waals surface area contributed by atoms with Gasteiger partial charge in [-0.3, -0.25) is 14.4 Å². The summed E-state index contributed by atoms with van der Waals surface area (Å²) in [7, 11) is 1.69. The molecule has 0 aromatic carbocycles. The van der Waals surface area contributed by atoms with Gasteiger partial charge in [-0.2, -0.15) is 5.06 Å². The Bertz CT molecular complexity index is 1120. The lowest BCUT2D eigenvalue weighted by molar-refractivity contribution is -0.193. The zero-order chi connectivity index (χ0) is 35.8. The Morgan fingerprint density at radius 3 is 2.39 bits per heavy atom. The normalized spacial score (nSPS) is 41.9. The SMILES string of the molecule is COC1C(CN2O[C@@H](CO)[C@@H]([C@H](C)O)[C@H]2C(=O)N[C@H]2C[C@H]3C[C@@H]([C@@H]2C)C3(C)C)CCCC1C1CC(F)CC(C(=O)N[C@H](CO)CC(C)C)C1. The molecule has 15 atom stereocenters. The molecule has 1 heterocycles. The fourth-order valence-electron chi connectivity index (χ4n) is 11.0. The second-order valence-electron chi connectivity index (χ2n) is 17.6. The number of amides is 2. The Hall–Kier alpha value is -1.37. The van der Waals surface area contributed by atoms with Gasteiger partial charge in [0.15, 0.2) is 0 Å². The van der Waals surface area contributed by atoms with E-state index < -0.39 is 36.3 Å². The zero-order valence-electron chi connectivity index (χ0n) is 31.0. The summed E-state index contributed by atoms with van der Waals surface area (Å²) >= 11 is 0. The smallest absolute Gasteiger partial charge is 0.240 e. The molecule has 1 aliphatic heterocycles. The number of hydrogen-bond donors (Lipinski definition) is 5. The monoisotopic (exact) mass is 695 g/mol. The van der Waals surface area contributed by atoms with Gasteiger partial charge in [0.05, 0.1) is 31.5 Å². The molecular weight excluding hydrogens is 629 g/mol. The number of aliphatic hydroxyl groups is 3. The van der Waals surface area contributed by atoms with Gasteiger partial charge < -0.3 is 30.7 Å². The van der Waals surface area contributed by atoms with Gasteiger partial charge in [0.2, 0.25) is 11.8 Å². The summed E-state index contributed by atoms with van der Waals surface area (Å²) in [6.07, 6.45) is 3.68. The number of hydrogen-bond acceptors (Lipinski definition) is 8. The molecule has 0 aromatic heterocycles. The van der Waals surface area contributed by atoms with Crippen molar-refractivity contribution in [2.24, 2.45) is 58.7 Å². The Morgan fingerprint density at radius 1 is 1.06 bits per heavy atom. The lowest BCUT2D eigenvalue weighted by Gasteiger charge is -2.62. The van der Waals surface area contributed by atoms with Crippen LogP contribution in [0.25, 0.3) is 0 Å². The molecular formula is C38H66FN3O7. The first kappa shape index (κ1) is 38.9. The van der Waals surface area contributed by atoms with Crippen molar-refractivity contribution in [2.45, 2.75) is 142 Å². The minimum atomic E-state index is -1.09.